The van der Waals surface area contributed by atoms with Crippen molar-refractivity contribution in [1.82, 2.24) is 0 Å². The van der Waals surface area contributed by atoms with Crippen LogP contribution in [0, 0.1) is 13.8 Å². The summed E-state index contributed by atoms with van der Waals surface area (Å²) in [6.45, 7) is 5.64. The van der Waals surface area contributed by atoms with Gasteiger partial charge in [-0.05, 0) is 74.9 Å². The van der Waals surface area contributed by atoms with Crippen molar-refractivity contribution < 1.29 is 13.2 Å². The molecule has 162 valence electrons. The lowest BCUT2D eigenvalue weighted by Gasteiger charge is -2.13. The smallest absolute Gasteiger partial charge is 0.261 e. The van der Waals surface area contributed by atoms with E-state index in [2.05, 4.69) is 10.0 Å². The van der Waals surface area contributed by atoms with Crippen LogP contribution in [0.2, 0.25) is 5.02 Å². The number of halogens is 1. The van der Waals surface area contributed by atoms with E-state index in [1.54, 1.807) is 37.3 Å². The molecule has 3 aromatic rings. The van der Waals surface area contributed by atoms with Crippen LogP contribution >= 0.6 is 23.4 Å². The first-order valence-corrected chi connectivity index (χ1v) is 12.3. The van der Waals surface area contributed by atoms with Crippen molar-refractivity contribution in [3.63, 3.8) is 0 Å². The SMILES string of the molecule is Cc1ccc(S[C@@H](C)C(=O)Nc2ccc(S(=O)(=O)Nc3cc(Cl)ccc3C)cc2)cc1. The number of aryl methyl sites for hydroxylation is 2. The summed E-state index contributed by atoms with van der Waals surface area (Å²) in [6.07, 6.45) is 0. The number of anilines is 2. The Kier molecular flexibility index (Phi) is 7.30. The molecule has 0 spiro atoms. The van der Waals surface area contributed by atoms with Gasteiger partial charge in [-0.1, -0.05) is 35.4 Å². The molecule has 0 fully saturated rings. The summed E-state index contributed by atoms with van der Waals surface area (Å²) in [5.74, 6) is -0.158. The average Bonchev–Trinajstić information content (AvgIpc) is 2.72. The molecule has 0 aliphatic heterocycles. The quantitative estimate of drug-likeness (QED) is 0.419. The molecule has 3 aromatic carbocycles. The van der Waals surface area contributed by atoms with Crippen LogP contribution in [-0.4, -0.2) is 19.6 Å². The van der Waals surface area contributed by atoms with Gasteiger partial charge < -0.3 is 5.32 Å². The van der Waals surface area contributed by atoms with Gasteiger partial charge in [0, 0.05) is 15.6 Å². The Labute approximate surface area is 192 Å². The van der Waals surface area contributed by atoms with Crippen molar-refractivity contribution in [2.45, 2.75) is 35.8 Å². The normalized spacial score (nSPS) is 12.3. The number of hydrogen-bond donors (Lipinski definition) is 2. The lowest BCUT2D eigenvalue weighted by Crippen LogP contribution is -2.22. The maximum atomic E-state index is 12.7. The molecule has 0 heterocycles. The molecule has 1 amide bonds. The lowest BCUT2D eigenvalue weighted by molar-refractivity contribution is -0.115. The van der Waals surface area contributed by atoms with Gasteiger partial charge in [-0.15, -0.1) is 11.8 Å². The predicted molar refractivity (Wildman–Crippen MR) is 129 cm³/mol. The number of carbonyl (C=O) groups is 1. The van der Waals surface area contributed by atoms with Crippen molar-refractivity contribution in [2.75, 3.05) is 10.0 Å². The second-order valence-corrected chi connectivity index (χ2v) is 10.7. The van der Waals surface area contributed by atoms with E-state index < -0.39 is 10.0 Å². The fourth-order valence-electron chi connectivity index (χ4n) is 2.74. The Bertz CT molecular complexity index is 1180. The molecule has 0 aliphatic carbocycles. The van der Waals surface area contributed by atoms with E-state index in [0.29, 0.717) is 16.4 Å². The van der Waals surface area contributed by atoms with E-state index >= 15 is 0 Å². The van der Waals surface area contributed by atoms with Crippen molar-refractivity contribution in [3.8, 4) is 0 Å². The van der Waals surface area contributed by atoms with Crippen LogP contribution in [-0.2, 0) is 14.8 Å². The molecular formula is C23H23ClN2O3S2. The van der Waals surface area contributed by atoms with Crippen molar-refractivity contribution >= 4 is 50.7 Å². The highest BCUT2D eigenvalue weighted by atomic mass is 35.5. The summed E-state index contributed by atoms with van der Waals surface area (Å²) in [6, 6.07) is 19.0. The molecule has 31 heavy (non-hydrogen) atoms. The molecule has 0 unspecified atom stereocenters. The highest BCUT2D eigenvalue weighted by Crippen LogP contribution is 2.26. The fraction of sp³-hybridized carbons (Fsp3) is 0.174. The predicted octanol–water partition coefficient (Wildman–Crippen LogP) is 5.88. The topological polar surface area (TPSA) is 75.3 Å². The van der Waals surface area contributed by atoms with Crippen LogP contribution in [0.15, 0.2) is 76.5 Å². The third kappa shape index (κ3) is 6.26. The largest absolute Gasteiger partial charge is 0.325 e. The second kappa shape index (κ2) is 9.77. The van der Waals surface area contributed by atoms with Gasteiger partial charge in [0.15, 0.2) is 0 Å². The van der Waals surface area contributed by atoms with E-state index in [0.717, 1.165) is 16.0 Å². The summed E-state index contributed by atoms with van der Waals surface area (Å²) in [5.41, 5.74) is 2.87. The van der Waals surface area contributed by atoms with Gasteiger partial charge in [0.1, 0.15) is 0 Å². The van der Waals surface area contributed by atoms with Gasteiger partial charge >= 0.3 is 0 Å². The molecule has 5 nitrogen and oxygen atoms in total. The summed E-state index contributed by atoms with van der Waals surface area (Å²) >= 11 is 7.43. The molecule has 0 saturated carbocycles. The standard InChI is InChI=1S/C23H23ClN2O3S2/c1-15-4-10-20(11-5-15)30-17(3)23(27)25-19-8-12-21(13-9-19)31(28,29)26-22-14-18(24)7-6-16(22)2/h4-14,17,26H,1-3H3,(H,25,27)/t17-/m0/s1. The van der Waals surface area contributed by atoms with E-state index in [1.165, 1.54) is 23.9 Å². The first kappa shape index (κ1) is 23.2. The van der Waals surface area contributed by atoms with Crippen molar-refractivity contribution in [1.29, 1.82) is 0 Å². The zero-order valence-corrected chi connectivity index (χ0v) is 19.7. The molecule has 0 radical (unpaired) electrons. The monoisotopic (exact) mass is 474 g/mol. The molecule has 2 N–H and O–H groups in total. The molecule has 0 bridgehead atoms. The average molecular weight is 475 g/mol. The Hall–Kier alpha value is -2.48. The number of amides is 1. The Morgan fingerprint density at radius 2 is 1.61 bits per heavy atom. The van der Waals surface area contributed by atoms with E-state index in [9.17, 15) is 13.2 Å². The fourth-order valence-corrected chi connectivity index (χ4v) is 4.90. The van der Waals surface area contributed by atoms with Gasteiger partial charge in [-0.3, -0.25) is 9.52 Å². The first-order valence-electron chi connectivity index (χ1n) is 9.57. The molecule has 0 aliphatic rings. The van der Waals surface area contributed by atoms with Crippen LogP contribution in [0.5, 0.6) is 0 Å². The lowest BCUT2D eigenvalue weighted by atomic mass is 10.2. The van der Waals surface area contributed by atoms with Gasteiger partial charge in [0.25, 0.3) is 10.0 Å². The third-order valence-electron chi connectivity index (χ3n) is 4.58. The Balaban J connectivity index is 1.65. The summed E-state index contributed by atoms with van der Waals surface area (Å²) in [7, 11) is -3.78. The number of carbonyl (C=O) groups excluding carboxylic acids is 1. The minimum Gasteiger partial charge on any atom is -0.325 e. The van der Waals surface area contributed by atoms with Crippen LogP contribution in [0.4, 0.5) is 11.4 Å². The maximum absolute atomic E-state index is 12.7. The summed E-state index contributed by atoms with van der Waals surface area (Å²) in [4.78, 5) is 13.6. The van der Waals surface area contributed by atoms with Crippen LogP contribution < -0.4 is 10.0 Å². The first-order chi connectivity index (χ1) is 14.6. The van der Waals surface area contributed by atoms with Crippen molar-refractivity contribution in [3.05, 3.63) is 82.9 Å². The Morgan fingerprint density at radius 1 is 0.968 bits per heavy atom. The highest BCUT2D eigenvalue weighted by Gasteiger charge is 2.17. The molecule has 0 aromatic heterocycles. The second-order valence-electron chi connectivity index (χ2n) is 7.15. The zero-order chi connectivity index (χ0) is 22.6. The molecule has 8 heteroatoms. The third-order valence-corrected chi connectivity index (χ3v) is 7.31. The number of hydrogen-bond acceptors (Lipinski definition) is 4. The Morgan fingerprint density at radius 3 is 2.26 bits per heavy atom. The van der Waals surface area contributed by atoms with E-state index in [-0.39, 0.29) is 16.1 Å². The van der Waals surface area contributed by atoms with Gasteiger partial charge in [0.05, 0.1) is 15.8 Å². The number of benzene rings is 3. The minimum atomic E-state index is -3.78. The highest BCUT2D eigenvalue weighted by molar-refractivity contribution is 8.00. The van der Waals surface area contributed by atoms with Crippen LogP contribution in [0.3, 0.4) is 0 Å². The van der Waals surface area contributed by atoms with Crippen LogP contribution in [0.1, 0.15) is 18.1 Å². The van der Waals surface area contributed by atoms with Gasteiger partial charge in [0.2, 0.25) is 5.91 Å². The van der Waals surface area contributed by atoms with Crippen molar-refractivity contribution in [2.24, 2.45) is 0 Å². The van der Waals surface area contributed by atoms with E-state index in [1.807, 2.05) is 38.1 Å². The zero-order valence-electron chi connectivity index (χ0n) is 17.3. The van der Waals surface area contributed by atoms with E-state index in [4.69, 9.17) is 11.6 Å². The number of rotatable bonds is 7. The van der Waals surface area contributed by atoms with Crippen LogP contribution in [0.25, 0.3) is 0 Å². The molecule has 0 saturated heterocycles. The van der Waals surface area contributed by atoms with Gasteiger partial charge in [-0.25, -0.2) is 8.42 Å². The maximum Gasteiger partial charge on any atom is 0.261 e. The number of nitrogens with one attached hydrogen (secondary N) is 2. The number of thioether (sulfide) groups is 1. The van der Waals surface area contributed by atoms with Gasteiger partial charge in [-0.2, -0.15) is 0 Å². The minimum absolute atomic E-state index is 0.0898. The number of sulfonamides is 1. The molecule has 3 rings (SSSR count). The summed E-state index contributed by atoms with van der Waals surface area (Å²) in [5, 5.41) is 2.96. The summed E-state index contributed by atoms with van der Waals surface area (Å²) < 4.78 is 27.9. The molecular weight excluding hydrogens is 452 g/mol. The molecule has 1 atom stereocenters.